The Kier molecular flexibility index (Phi) is 2.74. The molecule has 1 aromatic rings. The van der Waals surface area contributed by atoms with Crippen LogP contribution < -0.4 is 10.6 Å². The van der Waals surface area contributed by atoms with Gasteiger partial charge in [0, 0.05) is 31.4 Å². The van der Waals surface area contributed by atoms with Crippen LogP contribution in [0.5, 0.6) is 0 Å². The lowest BCUT2D eigenvalue weighted by atomic mass is 10.2. The summed E-state index contributed by atoms with van der Waals surface area (Å²) in [6, 6.07) is 0. The molecule has 0 saturated heterocycles. The number of aromatic nitrogens is 2. The van der Waals surface area contributed by atoms with Gasteiger partial charge < -0.3 is 10.6 Å². The van der Waals surface area contributed by atoms with Crippen molar-refractivity contribution in [1.29, 1.82) is 0 Å². The molecule has 0 amide bonds. The van der Waals surface area contributed by atoms with Crippen LogP contribution in [0.1, 0.15) is 12.0 Å². The van der Waals surface area contributed by atoms with Gasteiger partial charge in [0.05, 0.1) is 0 Å². The Morgan fingerprint density at radius 1 is 1.43 bits per heavy atom. The van der Waals surface area contributed by atoms with Gasteiger partial charge in [0.15, 0.2) is 0 Å². The van der Waals surface area contributed by atoms with Gasteiger partial charge in [0.2, 0.25) is 0 Å². The zero-order valence-electron chi connectivity index (χ0n) is 8.06. The van der Waals surface area contributed by atoms with Crippen molar-refractivity contribution in [3.63, 3.8) is 0 Å². The van der Waals surface area contributed by atoms with Gasteiger partial charge in [0.1, 0.15) is 12.1 Å². The van der Waals surface area contributed by atoms with E-state index in [4.69, 9.17) is 5.73 Å². The molecular weight excluding hydrogens is 176 g/mol. The number of nitrogens with two attached hydrogens (primary N) is 1. The van der Waals surface area contributed by atoms with Gasteiger partial charge in [-0.2, -0.15) is 0 Å². The fourth-order valence-electron chi connectivity index (χ4n) is 1.61. The molecule has 4 heteroatoms. The maximum Gasteiger partial charge on any atom is 0.136 e. The number of nitrogens with zero attached hydrogens (tertiary/aromatic N) is 3. The normalized spacial score (nSPS) is 15.9. The molecule has 0 spiro atoms. The summed E-state index contributed by atoms with van der Waals surface area (Å²) in [5, 5.41) is 0. The average Bonchev–Trinajstić information content (AvgIpc) is 2.30. The van der Waals surface area contributed by atoms with E-state index in [0.717, 1.165) is 30.9 Å². The highest BCUT2D eigenvalue weighted by molar-refractivity contribution is 5.46. The molecule has 14 heavy (non-hydrogen) atoms. The second-order valence-electron chi connectivity index (χ2n) is 3.28. The van der Waals surface area contributed by atoms with E-state index in [1.165, 1.54) is 0 Å². The minimum Gasteiger partial charge on any atom is -0.352 e. The van der Waals surface area contributed by atoms with Crippen LogP contribution >= 0.6 is 0 Å². The molecule has 0 unspecified atom stereocenters. The third-order valence-electron chi connectivity index (χ3n) is 2.34. The van der Waals surface area contributed by atoms with E-state index in [-0.39, 0.29) is 0 Å². The lowest BCUT2D eigenvalue weighted by molar-refractivity contribution is 0.790. The Bertz CT molecular complexity index is 335. The molecule has 0 bridgehead atoms. The zero-order chi connectivity index (χ0) is 9.80. The third-order valence-corrected chi connectivity index (χ3v) is 2.34. The van der Waals surface area contributed by atoms with Gasteiger partial charge in [-0.1, -0.05) is 12.2 Å². The first-order chi connectivity index (χ1) is 6.92. The number of anilines is 1. The van der Waals surface area contributed by atoms with Gasteiger partial charge in [-0.3, -0.25) is 0 Å². The van der Waals surface area contributed by atoms with Crippen molar-refractivity contribution < 1.29 is 0 Å². The van der Waals surface area contributed by atoms with E-state index in [1.54, 1.807) is 12.5 Å². The van der Waals surface area contributed by atoms with Crippen molar-refractivity contribution in [2.75, 3.05) is 18.0 Å². The van der Waals surface area contributed by atoms with Crippen LogP contribution in [-0.4, -0.2) is 23.1 Å². The molecule has 0 atom stereocenters. The molecule has 2 rings (SSSR count). The van der Waals surface area contributed by atoms with Crippen molar-refractivity contribution in [3.8, 4) is 0 Å². The Labute approximate surface area is 83.5 Å². The molecule has 4 nitrogen and oxygen atoms in total. The number of hydrogen-bond donors (Lipinski definition) is 1. The van der Waals surface area contributed by atoms with E-state index in [1.807, 2.05) is 0 Å². The molecule has 1 aliphatic heterocycles. The fourth-order valence-corrected chi connectivity index (χ4v) is 1.61. The Morgan fingerprint density at radius 2 is 2.36 bits per heavy atom. The molecule has 0 fully saturated rings. The van der Waals surface area contributed by atoms with Crippen LogP contribution in [0.25, 0.3) is 0 Å². The van der Waals surface area contributed by atoms with E-state index in [2.05, 4.69) is 27.0 Å². The Hall–Kier alpha value is -1.42. The summed E-state index contributed by atoms with van der Waals surface area (Å²) < 4.78 is 0. The number of hydrogen-bond acceptors (Lipinski definition) is 4. The fraction of sp³-hybridized carbons (Fsp3) is 0.400. The summed E-state index contributed by atoms with van der Waals surface area (Å²) >= 11 is 0. The largest absolute Gasteiger partial charge is 0.352 e. The quantitative estimate of drug-likeness (QED) is 0.697. The smallest absolute Gasteiger partial charge is 0.136 e. The zero-order valence-corrected chi connectivity index (χ0v) is 8.06. The molecule has 0 aliphatic carbocycles. The summed E-state index contributed by atoms with van der Waals surface area (Å²) in [7, 11) is 0. The van der Waals surface area contributed by atoms with Gasteiger partial charge in [-0.05, 0) is 6.42 Å². The summed E-state index contributed by atoms with van der Waals surface area (Å²) in [6.45, 7) is 2.43. The predicted octanol–water partition coefficient (Wildman–Crippen LogP) is 0.702. The van der Waals surface area contributed by atoms with E-state index < -0.39 is 0 Å². The summed E-state index contributed by atoms with van der Waals surface area (Å²) in [5.74, 6) is 0.979. The molecular formula is C10H14N4. The standard InChI is InChI=1S/C10H14N4/c11-6-9-7-12-8-13-10(9)14-4-2-1-3-5-14/h1-2,7-8H,3-6,11H2. The average molecular weight is 190 g/mol. The molecule has 0 saturated carbocycles. The van der Waals surface area contributed by atoms with E-state index in [9.17, 15) is 0 Å². The van der Waals surface area contributed by atoms with Crippen LogP contribution in [0.3, 0.4) is 0 Å². The van der Waals surface area contributed by atoms with Crippen molar-refractivity contribution >= 4 is 5.82 Å². The first-order valence-electron chi connectivity index (χ1n) is 4.80. The maximum absolute atomic E-state index is 5.63. The molecule has 0 aromatic carbocycles. The van der Waals surface area contributed by atoms with Gasteiger partial charge in [0.25, 0.3) is 0 Å². The van der Waals surface area contributed by atoms with Crippen molar-refractivity contribution in [2.24, 2.45) is 5.73 Å². The minimum atomic E-state index is 0.496. The highest BCUT2D eigenvalue weighted by Gasteiger charge is 2.11. The lowest BCUT2D eigenvalue weighted by Gasteiger charge is -2.25. The maximum atomic E-state index is 5.63. The van der Waals surface area contributed by atoms with Gasteiger partial charge in [-0.25, -0.2) is 9.97 Å². The molecule has 2 N–H and O–H groups in total. The molecule has 74 valence electrons. The summed E-state index contributed by atoms with van der Waals surface area (Å²) in [5.41, 5.74) is 6.65. The van der Waals surface area contributed by atoms with Gasteiger partial charge >= 0.3 is 0 Å². The first-order valence-corrected chi connectivity index (χ1v) is 4.80. The van der Waals surface area contributed by atoms with Crippen LogP contribution in [0, 0.1) is 0 Å². The molecule has 1 aromatic heterocycles. The van der Waals surface area contributed by atoms with E-state index >= 15 is 0 Å². The van der Waals surface area contributed by atoms with Crippen molar-refractivity contribution in [3.05, 3.63) is 30.2 Å². The van der Waals surface area contributed by atoms with Crippen LogP contribution in [0.2, 0.25) is 0 Å². The van der Waals surface area contributed by atoms with Crippen LogP contribution in [-0.2, 0) is 6.54 Å². The molecule has 0 radical (unpaired) electrons. The first kappa shape index (κ1) is 9.15. The minimum absolute atomic E-state index is 0.496. The highest BCUT2D eigenvalue weighted by Crippen LogP contribution is 2.17. The summed E-state index contributed by atoms with van der Waals surface area (Å²) in [6.07, 6.45) is 8.80. The molecule has 2 heterocycles. The topological polar surface area (TPSA) is 55.0 Å². The number of rotatable bonds is 2. The van der Waals surface area contributed by atoms with Crippen LogP contribution in [0.15, 0.2) is 24.7 Å². The van der Waals surface area contributed by atoms with Gasteiger partial charge in [-0.15, -0.1) is 0 Å². The van der Waals surface area contributed by atoms with E-state index in [0.29, 0.717) is 6.54 Å². The Morgan fingerprint density at radius 3 is 3.07 bits per heavy atom. The predicted molar refractivity (Wildman–Crippen MR) is 55.9 cm³/mol. The Balaban J connectivity index is 2.25. The monoisotopic (exact) mass is 190 g/mol. The van der Waals surface area contributed by atoms with Crippen LogP contribution in [0.4, 0.5) is 5.82 Å². The summed E-state index contributed by atoms with van der Waals surface area (Å²) in [4.78, 5) is 10.5. The SMILES string of the molecule is NCc1cncnc1N1CC=CCC1. The van der Waals surface area contributed by atoms with Crippen molar-refractivity contribution in [1.82, 2.24) is 9.97 Å². The second-order valence-corrected chi connectivity index (χ2v) is 3.28. The molecule has 1 aliphatic rings. The highest BCUT2D eigenvalue weighted by atomic mass is 15.2. The second kappa shape index (κ2) is 4.19. The third kappa shape index (κ3) is 1.75. The van der Waals surface area contributed by atoms with Crippen molar-refractivity contribution in [2.45, 2.75) is 13.0 Å². The lowest BCUT2D eigenvalue weighted by Crippen LogP contribution is -2.29.